The van der Waals surface area contributed by atoms with Crippen LogP contribution in [0.5, 0.6) is 0 Å². The van der Waals surface area contributed by atoms with E-state index in [4.69, 9.17) is 5.26 Å². The molecular formula is C13H20N2O. The van der Waals surface area contributed by atoms with Crippen LogP contribution in [0.15, 0.2) is 0 Å². The maximum Gasteiger partial charge on any atom is 0.223 e. The Morgan fingerprint density at radius 3 is 2.69 bits per heavy atom. The van der Waals surface area contributed by atoms with Gasteiger partial charge >= 0.3 is 0 Å². The van der Waals surface area contributed by atoms with Crippen LogP contribution in [-0.4, -0.2) is 23.9 Å². The van der Waals surface area contributed by atoms with Crippen molar-refractivity contribution in [3.05, 3.63) is 0 Å². The zero-order valence-electron chi connectivity index (χ0n) is 9.82. The normalized spacial score (nSPS) is 27.1. The van der Waals surface area contributed by atoms with Gasteiger partial charge in [0.25, 0.3) is 0 Å². The number of nitriles is 1. The maximum absolute atomic E-state index is 11.7. The van der Waals surface area contributed by atoms with Crippen molar-refractivity contribution in [1.29, 1.82) is 5.26 Å². The molecule has 1 atom stereocenters. The molecular weight excluding hydrogens is 200 g/mol. The quantitative estimate of drug-likeness (QED) is 0.732. The highest BCUT2D eigenvalue weighted by molar-refractivity contribution is 5.77. The number of carbonyl (C=O) groups is 1. The van der Waals surface area contributed by atoms with Crippen molar-refractivity contribution in [1.82, 2.24) is 4.90 Å². The van der Waals surface area contributed by atoms with Gasteiger partial charge in [-0.3, -0.25) is 4.79 Å². The van der Waals surface area contributed by atoms with Gasteiger partial charge in [0.05, 0.1) is 12.0 Å². The van der Waals surface area contributed by atoms with Crippen molar-refractivity contribution in [3.8, 4) is 6.07 Å². The number of carbonyl (C=O) groups excluding carboxylic acids is 1. The molecule has 0 aromatic rings. The minimum atomic E-state index is -0.0322. The minimum absolute atomic E-state index is 0.0322. The molecule has 3 heteroatoms. The smallest absolute Gasteiger partial charge is 0.223 e. The van der Waals surface area contributed by atoms with E-state index < -0.39 is 0 Å². The van der Waals surface area contributed by atoms with E-state index in [0.717, 1.165) is 25.4 Å². The van der Waals surface area contributed by atoms with Gasteiger partial charge in [-0.2, -0.15) is 5.26 Å². The van der Waals surface area contributed by atoms with Crippen LogP contribution in [-0.2, 0) is 4.79 Å². The Morgan fingerprint density at radius 2 is 2.06 bits per heavy atom. The first-order valence-corrected chi connectivity index (χ1v) is 6.47. The van der Waals surface area contributed by atoms with Crippen LogP contribution in [0.2, 0.25) is 0 Å². The van der Waals surface area contributed by atoms with Gasteiger partial charge in [0, 0.05) is 19.5 Å². The fraction of sp³-hybridized carbons (Fsp3) is 0.846. The summed E-state index contributed by atoms with van der Waals surface area (Å²) >= 11 is 0. The number of hydrogen-bond acceptors (Lipinski definition) is 2. The van der Waals surface area contributed by atoms with Crippen LogP contribution in [0, 0.1) is 23.2 Å². The third kappa shape index (κ3) is 2.75. The summed E-state index contributed by atoms with van der Waals surface area (Å²) in [6.07, 6.45) is 7.92. The summed E-state index contributed by atoms with van der Waals surface area (Å²) in [6, 6.07) is 2.20. The van der Waals surface area contributed by atoms with E-state index in [9.17, 15) is 4.79 Å². The van der Waals surface area contributed by atoms with Crippen LogP contribution in [0.25, 0.3) is 0 Å². The number of piperidine rings is 1. The highest BCUT2D eigenvalue weighted by Crippen LogP contribution is 2.28. The molecule has 88 valence electrons. The van der Waals surface area contributed by atoms with Gasteiger partial charge in [0.15, 0.2) is 0 Å². The molecule has 16 heavy (non-hydrogen) atoms. The third-order valence-corrected chi connectivity index (χ3v) is 3.99. The van der Waals surface area contributed by atoms with Crippen LogP contribution in [0.4, 0.5) is 0 Å². The molecule has 2 aliphatic rings. The van der Waals surface area contributed by atoms with E-state index in [1.165, 1.54) is 32.1 Å². The summed E-state index contributed by atoms with van der Waals surface area (Å²) in [5, 5.41) is 8.78. The lowest BCUT2D eigenvalue weighted by Gasteiger charge is -2.29. The summed E-state index contributed by atoms with van der Waals surface area (Å²) in [5.74, 6) is 1.01. The molecule has 3 nitrogen and oxygen atoms in total. The Hall–Kier alpha value is -1.04. The summed E-state index contributed by atoms with van der Waals surface area (Å²) in [7, 11) is 0. The van der Waals surface area contributed by atoms with E-state index in [1.54, 1.807) is 0 Å². The van der Waals surface area contributed by atoms with Gasteiger partial charge in [-0.25, -0.2) is 0 Å². The first-order valence-electron chi connectivity index (χ1n) is 6.47. The second-order valence-corrected chi connectivity index (χ2v) is 5.14. The topological polar surface area (TPSA) is 44.1 Å². The minimum Gasteiger partial charge on any atom is -0.343 e. The van der Waals surface area contributed by atoms with Crippen LogP contribution in [0.3, 0.4) is 0 Å². The summed E-state index contributed by atoms with van der Waals surface area (Å²) in [6.45, 7) is 1.71. The van der Waals surface area contributed by atoms with E-state index in [1.807, 2.05) is 4.90 Å². The van der Waals surface area contributed by atoms with Gasteiger partial charge in [-0.1, -0.05) is 25.7 Å². The van der Waals surface area contributed by atoms with Crippen molar-refractivity contribution in [2.45, 2.75) is 44.9 Å². The number of rotatable bonds is 3. The van der Waals surface area contributed by atoms with E-state index >= 15 is 0 Å². The number of likely N-dealkylation sites (tertiary alicyclic amines) is 1. The SMILES string of the molecule is N#CC1CCN(CCC2CCCC2)C(=O)C1. The first-order chi connectivity index (χ1) is 7.79. The Balaban J connectivity index is 1.74. The van der Waals surface area contributed by atoms with Crippen LogP contribution >= 0.6 is 0 Å². The van der Waals surface area contributed by atoms with Crippen molar-refractivity contribution in [2.75, 3.05) is 13.1 Å². The highest BCUT2D eigenvalue weighted by atomic mass is 16.2. The molecule has 0 spiro atoms. The molecule has 0 bridgehead atoms. The Morgan fingerprint density at radius 1 is 1.31 bits per heavy atom. The van der Waals surface area contributed by atoms with Crippen LogP contribution in [0.1, 0.15) is 44.9 Å². The first kappa shape index (κ1) is 11.4. The van der Waals surface area contributed by atoms with Crippen molar-refractivity contribution in [3.63, 3.8) is 0 Å². The predicted octanol–water partition coefficient (Wildman–Crippen LogP) is 2.33. The average molecular weight is 220 g/mol. The summed E-state index contributed by atoms with van der Waals surface area (Å²) in [4.78, 5) is 13.7. The lowest BCUT2D eigenvalue weighted by Crippen LogP contribution is -2.39. The molecule has 1 aliphatic carbocycles. The van der Waals surface area contributed by atoms with Gasteiger partial charge in [-0.15, -0.1) is 0 Å². The molecule has 0 N–H and O–H groups in total. The van der Waals surface area contributed by atoms with Crippen molar-refractivity contribution in [2.24, 2.45) is 11.8 Å². The second-order valence-electron chi connectivity index (χ2n) is 5.14. The number of nitrogens with zero attached hydrogens (tertiary/aromatic N) is 2. The maximum atomic E-state index is 11.7. The molecule has 0 aromatic heterocycles. The van der Waals surface area contributed by atoms with Gasteiger partial charge in [0.2, 0.25) is 5.91 Å². The molecule has 1 aliphatic heterocycles. The molecule has 1 saturated carbocycles. The van der Waals surface area contributed by atoms with Gasteiger partial charge < -0.3 is 4.90 Å². The molecule has 1 amide bonds. The second kappa shape index (κ2) is 5.34. The standard InChI is InChI=1S/C13H20N2O/c14-10-12-6-8-15(13(16)9-12)7-5-11-3-1-2-4-11/h11-12H,1-9H2. The van der Waals surface area contributed by atoms with Gasteiger partial charge in [0.1, 0.15) is 0 Å². The average Bonchev–Trinajstić information content (AvgIpc) is 2.80. The molecule has 2 fully saturated rings. The summed E-state index contributed by atoms with van der Waals surface area (Å²) in [5.41, 5.74) is 0. The molecule has 1 unspecified atom stereocenters. The molecule has 2 rings (SSSR count). The van der Waals surface area contributed by atoms with E-state index in [0.29, 0.717) is 6.42 Å². The Bertz CT molecular complexity index is 289. The van der Waals surface area contributed by atoms with Crippen molar-refractivity contribution < 1.29 is 4.79 Å². The third-order valence-electron chi connectivity index (χ3n) is 3.99. The largest absolute Gasteiger partial charge is 0.343 e. The number of amides is 1. The molecule has 0 radical (unpaired) electrons. The monoisotopic (exact) mass is 220 g/mol. The zero-order valence-corrected chi connectivity index (χ0v) is 9.82. The fourth-order valence-electron chi connectivity index (χ4n) is 2.86. The van der Waals surface area contributed by atoms with Gasteiger partial charge in [-0.05, 0) is 18.8 Å². The Kier molecular flexibility index (Phi) is 3.82. The highest BCUT2D eigenvalue weighted by Gasteiger charge is 2.26. The molecule has 1 heterocycles. The lowest BCUT2D eigenvalue weighted by atomic mass is 9.96. The van der Waals surface area contributed by atoms with Crippen molar-refractivity contribution >= 4 is 5.91 Å². The zero-order chi connectivity index (χ0) is 11.4. The lowest BCUT2D eigenvalue weighted by molar-refractivity contribution is -0.134. The predicted molar refractivity (Wildman–Crippen MR) is 61.5 cm³/mol. The van der Waals surface area contributed by atoms with E-state index in [2.05, 4.69) is 6.07 Å². The Labute approximate surface area is 97.4 Å². The molecule has 1 saturated heterocycles. The molecule has 0 aromatic carbocycles. The number of hydrogen-bond donors (Lipinski definition) is 0. The fourth-order valence-corrected chi connectivity index (χ4v) is 2.86. The van der Waals surface area contributed by atoms with E-state index in [-0.39, 0.29) is 11.8 Å². The van der Waals surface area contributed by atoms with Crippen LogP contribution < -0.4 is 0 Å². The summed E-state index contributed by atoms with van der Waals surface area (Å²) < 4.78 is 0.